The Morgan fingerprint density at radius 1 is 1.12 bits per heavy atom. The molecule has 0 aromatic heterocycles. The number of anilines is 1. The monoisotopic (exact) mass is 386 g/mol. The van der Waals surface area contributed by atoms with E-state index in [0.717, 1.165) is 0 Å². The Labute approximate surface area is 152 Å². The molecule has 3 rings (SSSR count). The smallest absolute Gasteiger partial charge is 0.307 e. The summed E-state index contributed by atoms with van der Waals surface area (Å²) in [6.45, 7) is -2.43. The minimum atomic E-state index is -4.65. The first-order chi connectivity index (χ1) is 12.3. The van der Waals surface area contributed by atoms with Crippen molar-refractivity contribution in [3.05, 3.63) is 64.7 Å². The first kappa shape index (κ1) is 18.5. The lowest BCUT2D eigenvalue weighted by atomic mass is 9.76. The van der Waals surface area contributed by atoms with Crippen LogP contribution in [0.4, 0.5) is 28.0 Å². The van der Waals surface area contributed by atoms with E-state index in [9.17, 15) is 22.4 Å². The molecular weight excluding hydrogens is 372 g/mol. The van der Waals surface area contributed by atoms with Gasteiger partial charge in [-0.2, -0.15) is 13.2 Å². The van der Waals surface area contributed by atoms with Crippen molar-refractivity contribution >= 4 is 23.3 Å². The molecule has 8 heteroatoms. The van der Waals surface area contributed by atoms with Gasteiger partial charge in [0.15, 0.2) is 0 Å². The van der Waals surface area contributed by atoms with Crippen LogP contribution in [0.3, 0.4) is 0 Å². The maximum atomic E-state index is 13.6. The highest BCUT2D eigenvalue weighted by Crippen LogP contribution is 2.47. The average Bonchev–Trinajstić information content (AvgIpc) is 2.58. The molecule has 26 heavy (non-hydrogen) atoms. The molecule has 1 aliphatic heterocycles. The number of halogens is 5. The van der Waals surface area contributed by atoms with Gasteiger partial charge in [0.25, 0.3) is 0 Å². The van der Waals surface area contributed by atoms with Crippen LogP contribution in [0.5, 0.6) is 0 Å². The number of urea groups is 1. The zero-order chi connectivity index (χ0) is 18.9. The molecule has 0 radical (unpaired) electrons. The maximum Gasteiger partial charge on any atom is 0.406 e. The van der Waals surface area contributed by atoms with E-state index in [0.29, 0.717) is 21.7 Å². The van der Waals surface area contributed by atoms with Crippen LogP contribution < -0.4 is 5.32 Å². The number of alkyl halides is 4. The van der Waals surface area contributed by atoms with Crippen molar-refractivity contribution in [3.63, 3.8) is 0 Å². The number of rotatable bonds is 4. The number of benzene rings is 2. The van der Waals surface area contributed by atoms with Crippen LogP contribution in [0.2, 0.25) is 5.02 Å². The fraction of sp³-hybridized carbons (Fsp3) is 0.278. The van der Waals surface area contributed by atoms with Crippen LogP contribution >= 0.6 is 11.6 Å². The van der Waals surface area contributed by atoms with Gasteiger partial charge in [0.05, 0.1) is 12.2 Å². The lowest BCUT2D eigenvalue weighted by Crippen LogP contribution is -2.58. The van der Waals surface area contributed by atoms with Crippen LogP contribution in [0.15, 0.2) is 48.5 Å². The quantitative estimate of drug-likeness (QED) is 0.705. The minimum absolute atomic E-state index is 0.283. The summed E-state index contributed by atoms with van der Waals surface area (Å²) in [4.78, 5) is 13.2. The Morgan fingerprint density at radius 2 is 1.81 bits per heavy atom. The molecule has 1 aliphatic rings. The number of carbonyl (C=O) groups excluding carboxylic acids is 1. The highest BCUT2D eigenvalue weighted by atomic mass is 35.5. The number of nitrogens with zero attached hydrogens (tertiary/aromatic N) is 1. The SMILES string of the molecule is O=C1Nc2ccc(Cl)cc2C(CCF)(c2ccccc2)N1CC(F)(F)F. The Kier molecular flexibility index (Phi) is 4.84. The fourth-order valence-corrected chi connectivity index (χ4v) is 3.60. The molecule has 2 amide bonds. The normalized spacial score (nSPS) is 19.9. The molecule has 3 nitrogen and oxygen atoms in total. The van der Waals surface area contributed by atoms with Crippen LogP contribution in [-0.2, 0) is 5.54 Å². The molecule has 0 fully saturated rings. The summed E-state index contributed by atoms with van der Waals surface area (Å²) in [5.41, 5.74) is -0.582. The van der Waals surface area contributed by atoms with Gasteiger partial charge in [-0.1, -0.05) is 41.9 Å². The van der Waals surface area contributed by atoms with E-state index in [2.05, 4.69) is 5.32 Å². The van der Waals surface area contributed by atoms with E-state index in [4.69, 9.17) is 11.6 Å². The van der Waals surface area contributed by atoms with Gasteiger partial charge >= 0.3 is 12.2 Å². The second-order valence-electron chi connectivity index (χ2n) is 5.99. The highest BCUT2D eigenvalue weighted by Gasteiger charge is 2.51. The fourth-order valence-electron chi connectivity index (χ4n) is 3.43. The molecule has 1 unspecified atom stereocenters. The van der Waals surface area contributed by atoms with Gasteiger partial charge in [-0.3, -0.25) is 4.39 Å². The van der Waals surface area contributed by atoms with Crippen LogP contribution in [0, 0.1) is 0 Å². The Morgan fingerprint density at radius 3 is 2.42 bits per heavy atom. The summed E-state index contributed by atoms with van der Waals surface area (Å²) < 4.78 is 53.2. The second kappa shape index (κ2) is 6.79. The van der Waals surface area contributed by atoms with Crippen LogP contribution in [0.1, 0.15) is 17.5 Å². The zero-order valence-electron chi connectivity index (χ0n) is 13.5. The number of hydrogen-bond donors (Lipinski definition) is 1. The average molecular weight is 387 g/mol. The first-order valence-electron chi connectivity index (χ1n) is 7.85. The number of nitrogens with one attached hydrogen (secondary N) is 1. The molecular formula is C18H15ClF4N2O. The molecule has 0 saturated heterocycles. The van der Waals surface area contributed by atoms with Crippen molar-refractivity contribution in [2.45, 2.75) is 18.1 Å². The number of carbonyl (C=O) groups is 1. The van der Waals surface area contributed by atoms with Gasteiger partial charge in [0.2, 0.25) is 0 Å². The van der Waals surface area contributed by atoms with Crippen molar-refractivity contribution in [1.29, 1.82) is 0 Å². The van der Waals surface area contributed by atoms with E-state index in [-0.39, 0.29) is 11.4 Å². The number of fused-ring (bicyclic) bond motifs is 1. The first-order valence-corrected chi connectivity index (χ1v) is 8.22. The van der Waals surface area contributed by atoms with Crippen molar-refractivity contribution in [2.24, 2.45) is 0 Å². The Hall–Kier alpha value is -2.28. The predicted molar refractivity (Wildman–Crippen MR) is 91.0 cm³/mol. The van der Waals surface area contributed by atoms with E-state index in [1.165, 1.54) is 18.2 Å². The molecule has 0 aliphatic carbocycles. The molecule has 1 N–H and O–H groups in total. The van der Waals surface area contributed by atoms with Crippen molar-refractivity contribution < 1.29 is 22.4 Å². The van der Waals surface area contributed by atoms with E-state index in [1.807, 2.05) is 0 Å². The van der Waals surface area contributed by atoms with Crippen molar-refractivity contribution in [1.82, 2.24) is 4.90 Å². The van der Waals surface area contributed by atoms with E-state index < -0.39 is 31.0 Å². The molecule has 1 atom stereocenters. The van der Waals surface area contributed by atoms with Gasteiger partial charge in [0.1, 0.15) is 6.54 Å². The maximum absolute atomic E-state index is 13.6. The van der Waals surface area contributed by atoms with Gasteiger partial charge < -0.3 is 10.2 Å². The molecule has 2 aromatic carbocycles. The lowest BCUT2D eigenvalue weighted by molar-refractivity contribution is -0.149. The predicted octanol–water partition coefficient (Wildman–Crippen LogP) is 5.35. The summed E-state index contributed by atoms with van der Waals surface area (Å²) in [7, 11) is 0. The molecule has 1 heterocycles. The van der Waals surface area contributed by atoms with Crippen LogP contribution in [0.25, 0.3) is 0 Å². The third-order valence-electron chi connectivity index (χ3n) is 4.42. The third-order valence-corrected chi connectivity index (χ3v) is 4.65. The summed E-state index contributed by atoms with van der Waals surface area (Å²) in [6, 6.07) is 11.7. The molecule has 0 spiro atoms. The minimum Gasteiger partial charge on any atom is -0.307 e. The van der Waals surface area contributed by atoms with Crippen LogP contribution in [-0.4, -0.2) is 30.3 Å². The zero-order valence-corrected chi connectivity index (χ0v) is 14.2. The Balaban J connectivity index is 2.31. The molecule has 0 bridgehead atoms. The van der Waals surface area contributed by atoms with Gasteiger partial charge in [0, 0.05) is 22.7 Å². The molecule has 2 aromatic rings. The number of amides is 2. The van der Waals surface area contributed by atoms with Crippen molar-refractivity contribution in [3.8, 4) is 0 Å². The molecule has 138 valence electrons. The van der Waals surface area contributed by atoms with Crippen molar-refractivity contribution in [2.75, 3.05) is 18.5 Å². The summed E-state index contributed by atoms with van der Waals surface area (Å²) in [5, 5.41) is 2.73. The largest absolute Gasteiger partial charge is 0.406 e. The number of hydrogen-bond acceptors (Lipinski definition) is 1. The standard InChI is InChI=1S/C18H15ClF4N2O/c19-13-6-7-15-14(10-13)17(8-9-20,12-4-2-1-3-5-12)25(16(26)24-15)11-18(21,22)23/h1-7,10H,8-9,11H2,(H,24,26). The van der Waals surface area contributed by atoms with Gasteiger partial charge in [-0.15, -0.1) is 0 Å². The molecule has 0 saturated carbocycles. The summed E-state index contributed by atoms with van der Waals surface area (Å²) >= 11 is 6.06. The van der Waals surface area contributed by atoms with E-state index >= 15 is 0 Å². The third kappa shape index (κ3) is 3.23. The second-order valence-corrected chi connectivity index (χ2v) is 6.42. The summed E-state index contributed by atoms with van der Waals surface area (Å²) in [5.74, 6) is 0. The summed E-state index contributed by atoms with van der Waals surface area (Å²) in [6.07, 6.45) is -4.97. The topological polar surface area (TPSA) is 32.3 Å². The lowest BCUT2D eigenvalue weighted by Gasteiger charge is -2.48. The van der Waals surface area contributed by atoms with Gasteiger partial charge in [-0.25, -0.2) is 4.79 Å². The highest BCUT2D eigenvalue weighted by molar-refractivity contribution is 6.30. The van der Waals surface area contributed by atoms with E-state index in [1.54, 1.807) is 30.3 Å². The Bertz CT molecular complexity index is 813. The van der Waals surface area contributed by atoms with Gasteiger partial charge in [-0.05, 0) is 23.8 Å².